The van der Waals surface area contributed by atoms with Crippen LogP contribution in [-0.2, 0) is 33.4 Å². The first-order chi connectivity index (χ1) is 15.0. The Labute approximate surface area is 189 Å². The van der Waals surface area contributed by atoms with E-state index in [1.165, 1.54) is 20.8 Å². The van der Waals surface area contributed by atoms with Gasteiger partial charge in [0.15, 0.2) is 0 Å². The average Bonchev–Trinajstić information content (AvgIpc) is 3.00. The number of fused-ring (bicyclic) bond motifs is 5. The van der Waals surface area contributed by atoms with Gasteiger partial charge in [0.25, 0.3) is 0 Å². The maximum absolute atomic E-state index is 12.4. The number of ketones is 1. The van der Waals surface area contributed by atoms with E-state index in [0.717, 1.165) is 25.7 Å². The molecule has 0 radical (unpaired) electrons. The maximum Gasteiger partial charge on any atom is 0.302 e. The summed E-state index contributed by atoms with van der Waals surface area (Å²) in [6, 6.07) is 0. The molecule has 4 aliphatic rings. The minimum atomic E-state index is -0.326. The second-order valence-corrected chi connectivity index (χ2v) is 11.1. The van der Waals surface area contributed by atoms with Crippen molar-refractivity contribution in [2.24, 2.45) is 34.5 Å². The molecule has 0 spiro atoms. The molecule has 4 rings (SSSR count). The lowest BCUT2D eigenvalue weighted by molar-refractivity contribution is -0.216. The van der Waals surface area contributed by atoms with Crippen molar-refractivity contribution in [2.75, 3.05) is 0 Å². The molecule has 0 aromatic rings. The summed E-state index contributed by atoms with van der Waals surface area (Å²) < 4.78 is 17.6. The van der Waals surface area contributed by atoms with Crippen molar-refractivity contribution >= 4 is 23.7 Å². The number of Topliss-reactive ketones (excluding diaryl/α,β-unsaturated/α-hetero) is 1. The van der Waals surface area contributed by atoms with E-state index in [-0.39, 0.29) is 76.5 Å². The van der Waals surface area contributed by atoms with E-state index >= 15 is 0 Å². The molecule has 178 valence electrons. The molecule has 7 heteroatoms. The van der Waals surface area contributed by atoms with Crippen LogP contribution in [0.2, 0.25) is 0 Å². The lowest BCUT2D eigenvalue weighted by Gasteiger charge is -2.62. The molecule has 0 N–H and O–H groups in total. The van der Waals surface area contributed by atoms with Crippen molar-refractivity contribution < 1.29 is 33.4 Å². The predicted molar refractivity (Wildman–Crippen MR) is 114 cm³/mol. The number of rotatable bonds is 3. The van der Waals surface area contributed by atoms with Gasteiger partial charge in [-0.25, -0.2) is 0 Å². The third-order valence-corrected chi connectivity index (χ3v) is 9.29. The zero-order valence-electron chi connectivity index (χ0n) is 19.8. The Morgan fingerprint density at radius 3 is 2.06 bits per heavy atom. The summed E-state index contributed by atoms with van der Waals surface area (Å²) >= 11 is 0. The van der Waals surface area contributed by atoms with Crippen LogP contribution in [0.1, 0.15) is 79.6 Å². The summed E-state index contributed by atoms with van der Waals surface area (Å²) in [5.41, 5.74) is -0.512. The Morgan fingerprint density at radius 2 is 1.44 bits per heavy atom. The smallest absolute Gasteiger partial charge is 0.302 e. The van der Waals surface area contributed by atoms with Crippen molar-refractivity contribution in [1.82, 2.24) is 0 Å². The molecule has 0 saturated heterocycles. The minimum absolute atomic E-state index is 0.0166. The van der Waals surface area contributed by atoms with E-state index in [2.05, 4.69) is 13.8 Å². The van der Waals surface area contributed by atoms with Gasteiger partial charge in [0.1, 0.15) is 24.1 Å². The van der Waals surface area contributed by atoms with Crippen LogP contribution in [-0.4, -0.2) is 42.0 Å². The Kier molecular flexibility index (Phi) is 5.91. The third-order valence-electron chi connectivity index (χ3n) is 9.29. The molecule has 0 heterocycles. The van der Waals surface area contributed by atoms with E-state index in [9.17, 15) is 19.2 Å². The van der Waals surface area contributed by atoms with Crippen molar-refractivity contribution in [3.05, 3.63) is 0 Å². The topological polar surface area (TPSA) is 96.0 Å². The molecular formula is C25H36O7. The van der Waals surface area contributed by atoms with E-state index in [4.69, 9.17) is 14.2 Å². The van der Waals surface area contributed by atoms with Crippen LogP contribution in [0.15, 0.2) is 0 Å². The lowest BCUT2D eigenvalue weighted by Crippen LogP contribution is -2.62. The van der Waals surface area contributed by atoms with Crippen molar-refractivity contribution in [2.45, 2.75) is 97.9 Å². The second-order valence-electron chi connectivity index (χ2n) is 11.1. The molecule has 9 atom stereocenters. The first-order valence-corrected chi connectivity index (χ1v) is 12.0. The number of ether oxygens (including phenoxy) is 3. The Morgan fingerprint density at radius 1 is 0.812 bits per heavy atom. The molecule has 4 fully saturated rings. The molecule has 32 heavy (non-hydrogen) atoms. The molecule has 9 unspecified atom stereocenters. The molecule has 0 aromatic carbocycles. The van der Waals surface area contributed by atoms with E-state index in [1.807, 2.05) is 0 Å². The summed E-state index contributed by atoms with van der Waals surface area (Å²) in [7, 11) is 0. The molecular weight excluding hydrogens is 412 g/mol. The summed E-state index contributed by atoms with van der Waals surface area (Å²) in [4.78, 5) is 48.3. The highest BCUT2D eigenvalue weighted by Crippen LogP contribution is 2.67. The van der Waals surface area contributed by atoms with Gasteiger partial charge in [0.2, 0.25) is 0 Å². The van der Waals surface area contributed by atoms with Crippen molar-refractivity contribution in [3.63, 3.8) is 0 Å². The quantitative estimate of drug-likeness (QED) is 0.481. The number of hydrogen-bond acceptors (Lipinski definition) is 7. The zero-order valence-corrected chi connectivity index (χ0v) is 19.8. The van der Waals surface area contributed by atoms with Crippen molar-refractivity contribution in [1.29, 1.82) is 0 Å². The molecule has 0 bridgehead atoms. The third kappa shape index (κ3) is 3.75. The van der Waals surface area contributed by atoms with Gasteiger partial charge in [-0.1, -0.05) is 13.8 Å². The van der Waals surface area contributed by atoms with E-state index in [0.29, 0.717) is 19.3 Å². The summed E-state index contributed by atoms with van der Waals surface area (Å²) in [6.45, 7) is 8.69. The number of hydrogen-bond donors (Lipinski definition) is 0. The van der Waals surface area contributed by atoms with Gasteiger partial charge < -0.3 is 14.2 Å². The van der Waals surface area contributed by atoms with Crippen LogP contribution >= 0.6 is 0 Å². The normalized spacial score (nSPS) is 45.2. The molecule has 0 amide bonds. The molecule has 0 aromatic heterocycles. The van der Waals surface area contributed by atoms with Gasteiger partial charge in [-0.05, 0) is 49.4 Å². The fourth-order valence-corrected chi connectivity index (χ4v) is 8.05. The second kappa shape index (κ2) is 8.14. The first-order valence-electron chi connectivity index (χ1n) is 12.0. The highest BCUT2D eigenvalue weighted by atomic mass is 16.6. The van der Waals surface area contributed by atoms with Gasteiger partial charge in [-0.3, -0.25) is 19.2 Å². The standard InChI is InChI=1S/C25H36O7/c1-13(26)30-20-7-9-25(5)22(32-15(3)28)12-18-17(23(20)25)11-21(31-14(2)27)19-10-16(29)6-8-24(18,19)4/h17-23H,6-12H2,1-5H3. The zero-order chi connectivity index (χ0) is 23.4. The van der Waals surface area contributed by atoms with Crippen LogP contribution in [0, 0.1) is 34.5 Å². The van der Waals surface area contributed by atoms with Gasteiger partial charge in [-0.2, -0.15) is 0 Å². The predicted octanol–water partition coefficient (Wildman–Crippen LogP) is 3.61. The van der Waals surface area contributed by atoms with Crippen LogP contribution < -0.4 is 0 Å². The Balaban J connectivity index is 1.77. The molecule has 7 nitrogen and oxygen atoms in total. The van der Waals surface area contributed by atoms with E-state index < -0.39 is 0 Å². The number of esters is 3. The van der Waals surface area contributed by atoms with Crippen LogP contribution in [0.5, 0.6) is 0 Å². The van der Waals surface area contributed by atoms with Crippen LogP contribution in [0.25, 0.3) is 0 Å². The number of carbonyl (C=O) groups is 4. The molecule has 4 aliphatic carbocycles. The fourth-order valence-electron chi connectivity index (χ4n) is 8.05. The minimum Gasteiger partial charge on any atom is -0.462 e. The monoisotopic (exact) mass is 448 g/mol. The van der Waals surface area contributed by atoms with E-state index in [1.54, 1.807) is 0 Å². The highest BCUT2D eigenvalue weighted by Gasteiger charge is 2.67. The molecule has 4 saturated carbocycles. The average molecular weight is 449 g/mol. The number of carbonyl (C=O) groups excluding carboxylic acids is 4. The largest absolute Gasteiger partial charge is 0.462 e. The van der Waals surface area contributed by atoms with Gasteiger partial charge in [0, 0.05) is 50.9 Å². The molecule has 0 aliphatic heterocycles. The summed E-state index contributed by atoms with van der Waals surface area (Å²) in [6.07, 6.45) is 3.80. The Hall–Kier alpha value is -1.92. The van der Waals surface area contributed by atoms with Crippen molar-refractivity contribution in [3.8, 4) is 0 Å². The summed E-state index contributed by atoms with van der Waals surface area (Å²) in [5.74, 6) is -0.355. The SMILES string of the molecule is CC(=O)OC1CC2C(CC(OC(C)=O)C3(C)CCC(OC(C)=O)C23)C2(C)CCC(=O)CC12. The van der Waals surface area contributed by atoms with Crippen LogP contribution in [0.3, 0.4) is 0 Å². The van der Waals surface area contributed by atoms with Gasteiger partial charge in [-0.15, -0.1) is 0 Å². The highest BCUT2D eigenvalue weighted by molar-refractivity contribution is 5.80. The van der Waals surface area contributed by atoms with Gasteiger partial charge >= 0.3 is 17.9 Å². The first kappa shape index (κ1) is 23.2. The summed E-state index contributed by atoms with van der Waals surface area (Å²) in [5, 5.41) is 0. The lowest BCUT2D eigenvalue weighted by atomic mass is 9.44. The van der Waals surface area contributed by atoms with Crippen LogP contribution in [0.4, 0.5) is 0 Å². The Bertz CT molecular complexity index is 821. The fraction of sp³-hybridized carbons (Fsp3) is 0.840. The maximum atomic E-state index is 12.4. The van der Waals surface area contributed by atoms with Gasteiger partial charge in [0.05, 0.1) is 0 Å².